The van der Waals surface area contributed by atoms with Crippen LogP contribution in [0.3, 0.4) is 0 Å². The number of ether oxygens (including phenoxy) is 1. The summed E-state index contributed by atoms with van der Waals surface area (Å²) < 4.78 is 43.7. The van der Waals surface area contributed by atoms with Crippen LogP contribution < -0.4 is 4.74 Å². The van der Waals surface area contributed by atoms with Crippen LogP contribution in [-0.4, -0.2) is 16.1 Å². The number of halogens is 3. The lowest BCUT2D eigenvalue weighted by Gasteiger charge is -2.11. The van der Waals surface area contributed by atoms with E-state index in [4.69, 9.17) is 0 Å². The lowest BCUT2D eigenvalue weighted by Crippen LogP contribution is -2.17. The number of hydrogen-bond donors (Lipinski definition) is 0. The van der Waals surface area contributed by atoms with Crippen molar-refractivity contribution in [2.75, 3.05) is 0 Å². The molecule has 0 saturated carbocycles. The summed E-state index contributed by atoms with van der Waals surface area (Å²) in [7, 11) is 0. The highest BCUT2D eigenvalue weighted by molar-refractivity contribution is 5.67. The maximum atomic E-state index is 12.6. The Balaban J connectivity index is 1.91. The second-order valence-corrected chi connectivity index (χ2v) is 5.86. The molecular weight excluding hydrogens is 329 g/mol. The van der Waals surface area contributed by atoms with E-state index in [0.717, 1.165) is 11.3 Å². The van der Waals surface area contributed by atoms with Gasteiger partial charge >= 0.3 is 6.36 Å². The van der Waals surface area contributed by atoms with E-state index in [-0.39, 0.29) is 5.75 Å². The highest BCUT2D eigenvalue weighted by Crippen LogP contribution is 2.33. The third kappa shape index (κ3) is 4.21. The monoisotopic (exact) mass is 346 g/mol. The standard InChI is InChI=1S/C19H17F3N2O/c1-13-7-9-15(10-8-13)12-24-14(2)11-17(23-24)16-5-3-4-6-18(16)25-19(20,21)22/h3-11H,12H2,1-2H3. The van der Waals surface area contributed by atoms with Gasteiger partial charge in [0, 0.05) is 11.3 Å². The molecule has 25 heavy (non-hydrogen) atoms. The van der Waals surface area contributed by atoms with Crippen LogP contribution in [0.2, 0.25) is 0 Å². The molecule has 0 spiro atoms. The predicted octanol–water partition coefficient (Wildman–Crippen LogP) is 5.11. The molecule has 0 aliphatic carbocycles. The van der Waals surface area contributed by atoms with Crippen LogP contribution in [0.25, 0.3) is 11.3 Å². The summed E-state index contributed by atoms with van der Waals surface area (Å²) in [5, 5.41) is 4.46. The second kappa shape index (κ2) is 6.63. The van der Waals surface area contributed by atoms with Crippen LogP contribution in [0, 0.1) is 13.8 Å². The average Bonchev–Trinajstić information content (AvgIpc) is 2.89. The summed E-state index contributed by atoms with van der Waals surface area (Å²) in [5.41, 5.74) is 3.86. The van der Waals surface area contributed by atoms with E-state index in [2.05, 4.69) is 9.84 Å². The van der Waals surface area contributed by atoms with Gasteiger partial charge in [-0.15, -0.1) is 13.2 Å². The number of hydrogen-bond acceptors (Lipinski definition) is 2. The van der Waals surface area contributed by atoms with E-state index in [0.29, 0.717) is 17.8 Å². The van der Waals surface area contributed by atoms with E-state index in [1.54, 1.807) is 22.9 Å². The van der Waals surface area contributed by atoms with Crippen molar-refractivity contribution in [3.63, 3.8) is 0 Å². The van der Waals surface area contributed by atoms with Gasteiger partial charge in [-0.25, -0.2) is 0 Å². The summed E-state index contributed by atoms with van der Waals surface area (Å²) >= 11 is 0. The minimum Gasteiger partial charge on any atom is -0.405 e. The predicted molar refractivity (Wildman–Crippen MR) is 89.4 cm³/mol. The number of para-hydroxylation sites is 1. The lowest BCUT2D eigenvalue weighted by atomic mass is 10.1. The molecule has 3 aromatic rings. The zero-order valence-corrected chi connectivity index (χ0v) is 13.8. The minimum absolute atomic E-state index is 0.255. The smallest absolute Gasteiger partial charge is 0.405 e. The van der Waals surface area contributed by atoms with E-state index in [9.17, 15) is 13.2 Å². The normalized spacial score (nSPS) is 11.6. The summed E-state index contributed by atoms with van der Waals surface area (Å²) in [6.07, 6.45) is -4.74. The van der Waals surface area contributed by atoms with Crippen molar-refractivity contribution in [3.8, 4) is 17.0 Å². The Kier molecular flexibility index (Phi) is 4.53. The lowest BCUT2D eigenvalue weighted by molar-refractivity contribution is -0.274. The van der Waals surface area contributed by atoms with Gasteiger partial charge < -0.3 is 4.74 Å². The number of benzene rings is 2. The van der Waals surface area contributed by atoms with E-state index in [1.165, 1.54) is 17.7 Å². The Morgan fingerprint density at radius 1 is 1.00 bits per heavy atom. The van der Waals surface area contributed by atoms with Crippen molar-refractivity contribution in [2.24, 2.45) is 0 Å². The van der Waals surface area contributed by atoms with Crippen molar-refractivity contribution >= 4 is 0 Å². The molecule has 0 N–H and O–H groups in total. The van der Waals surface area contributed by atoms with Gasteiger partial charge in [0.1, 0.15) is 5.75 Å². The molecule has 0 radical (unpaired) electrons. The van der Waals surface area contributed by atoms with Gasteiger partial charge in [0.2, 0.25) is 0 Å². The van der Waals surface area contributed by atoms with E-state index < -0.39 is 6.36 Å². The molecule has 3 nitrogen and oxygen atoms in total. The summed E-state index contributed by atoms with van der Waals surface area (Å²) in [4.78, 5) is 0. The molecule has 0 bridgehead atoms. The molecule has 2 aromatic carbocycles. The van der Waals surface area contributed by atoms with Crippen molar-refractivity contribution in [1.29, 1.82) is 0 Å². The fourth-order valence-electron chi connectivity index (χ4n) is 2.56. The van der Waals surface area contributed by atoms with Gasteiger partial charge in [0.15, 0.2) is 0 Å². The van der Waals surface area contributed by atoms with Crippen LogP contribution in [0.5, 0.6) is 5.75 Å². The highest BCUT2D eigenvalue weighted by Gasteiger charge is 2.32. The molecule has 0 saturated heterocycles. The van der Waals surface area contributed by atoms with Crippen LogP contribution in [0.1, 0.15) is 16.8 Å². The van der Waals surface area contributed by atoms with Gasteiger partial charge in [0.05, 0.1) is 12.2 Å². The first-order chi connectivity index (χ1) is 11.8. The molecular formula is C19H17F3N2O. The summed E-state index contributed by atoms with van der Waals surface area (Å²) in [5.74, 6) is -0.255. The van der Waals surface area contributed by atoms with Gasteiger partial charge in [-0.2, -0.15) is 5.10 Å². The molecule has 1 aromatic heterocycles. The maximum Gasteiger partial charge on any atom is 0.573 e. The molecule has 0 aliphatic heterocycles. The zero-order valence-electron chi connectivity index (χ0n) is 13.8. The molecule has 130 valence electrons. The molecule has 0 aliphatic rings. The first kappa shape index (κ1) is 17.1. The van der Waals surface area contributed by atoms with Crippen LogP contribution in [0.4, 0.5) is 13.2 Å². The largest absolute Gasteiger partial charge is 0.573 e. The van der Waals surface area contributed by atoms with Gasteiger partial charge in [-0.1, -0.05) is 42.0 Å². The molecule has 0 amide bonds. The fraction of sp³-hybridized carbons (Fsp3) is 0.211. The van der Waals surface area contributed by atoms with Crippen LogP contribution in [0.15, 0.2) is 54.6 Å². The van der Waals surface area contributed by atoms with Gasteiger partial charge in [-0.3, -0.25) is 4.68 Å². The summed E-state index contributed by atoms with van der Waals surface area (Å²) in [6, 6.07) is 15.8. The molecule has 0 fully saturated rings. The number of aryl methyl sites for hydroxylation is 2. The third-order valence-corrected chi connectivity index (χ3v) is 3.82. The van der Waals surface area contributed by atoms with Crippen molar-refractivity contribution in [2.45, 2.75) is 26.8 Å². The summed E-state index contributed by atoms with van der Waals surface area (Å²) in [6.45, 7) is 4.44. The highest BCUT2D eigenvalue weighted by atomic mass is 19.4. The van der Waals surface area contributed by atoms with E-state index in [1.807, 2.05) is 38.1 Å². The topological polar surface area (TPSA) is 27.1 Å². The Hall–Kier alpha value is -2.76. The van der Waals surface area contributed by atoms with Crippen molar-refractivity contribution < 1.29 is 17.9 Å². The zero-order chi connectivity index (χ0) is 18.0. The third-order valence-electron chi connectivity index (χ3n) is 3.82. The minimum atomic E-state index is -4.74. The molecule has 0 atom stereocenters. The number of aromatic nitrogens is 2. The van der Waals surface area contributed by atoms with Crippen molar-refractivity contribution in [1.82, 2.24) is 9.78 Å². The number of rotatable bonds is 4. The van der Waals surface area contributed by atoms with Gasteiger partial charge in [0.25, 0.3) is 0 Å². The SMILES string of the molecule is Cc1ccc(Cn2nc(-c3ccccc3OC(F)(F)F)cc2C)cc1. The quantitative estimate of drug-likeness (QED) is 0.656. The Morgan fingerprint density at radius 3 is 2.36 bits per heavy atom. The first-order valence-corrected chi connectivity index (χ1v) is 7.77. The Bertz CT molecular complexity index is 867. The number of nitrogens with zero attached hydrogens (tertiary/aromatic N) is 2. The Morgan fingerprint density at radius 2 is 1.68 bits per heavy atom. The van der Waals surface area contributed by atoms with Crippen molar-refractivity contribution in [3.05, 3.63) is 71.4 Å². The first-order valence-electron chi connectivity index (χ1n) is 7.77. The fourth-order valence-corrected chi connectivity index (χ4v) is 2.56. The second-order valence-electron chi connectivity index (χ2n) is 5.86. The number of alkyl halides is 3. The average molecular weight is 346 g/mol. The Labute approximate surface area is 143 Å². The molecule has 3 rings (SSSR count). The van der Waals surface area contributed by atoms with E-state index >= 15 is 0 Å². The molecule has 0 unspecified atom stereocenters. The maximum absolute atomic E-state index is 12.6. The van der Waals surface area contributed by atoms with Crippen LogP contribution >= 0.6 is 0 Å². The molecule has 6 heteroatoms. The van der Waals surface area contributed by atoms with Crippen LogP contribution in [-0.2, 0) is 6.54 Å². The van der Waals surface area contributed by atoms with Gasteiger partial charge in [-0.05, 0) is 37.6 Å². The molecule has 1 heterocycles.